The van der Waals surface area contributed by atoms with Gasteiger partial charge in [0.05, 0.1) is 36.3 Å². The summed E-state index contributed by atoms with van der Waals surface area (Å²) in [5, 5.41) is 10.7. The van der Waals surface area contributed by atoms with Gasteiger partial charge < -0.3 is 9.64 Å². The van der Waals surface area contributed by atoms with Crippen molar-refractivity contribution in [3.63, 3.8) is 0 Å². The Bertz CT molecular complexity index is 1010. The second-order valence-corrected chi connectivity index (χ2v) is 8.02. The van der Waals surface area contributed by atoms with E-state index in [0.29, 0.717) is 23.9 Å². The van der Waals surface area contributed by atoms with Gasteiger partial charge in [0.25, 0.3) is 0 Å². The fourth-order valence-electron chi connectivity index (χ4n) is 4.05. The van der Waals surface area contributed by atoms with Crippen molar-refractivity contribution in [2.75, 3.05) is 24.6 Å². The van der Waals surface area contributed by atoms with E-state index in [1.54, 1.807) is 23.8 Å². The maximum absolute atomic E-state index is 13.1. The Balaban J connectivity index is 1.70. The summed E-state index contributed by atoms with van der Waals surface area (Å²) in [6.45, 7) is 2.61. The summed E-state index contributed by atoms with van der Waals surface area (Å²) in [5.41, 5.74) is 3.96. The van der Waals surface area contributed by atoms with Gasteiger partial charge >= 0.3 is 0 Å². The third-order valence-corrected chi connectivity index (χ3v) is 6.68. The number of benzene rings is 2. The second-order valence-electron chi connectivity index (χ2n) is 7.09. The molecule has 4 rings (SSSR count). The molecule has 2 aliphatic heterocycles. The van der Waals surface area contributed by atoms with Gasteiger partial charge in [0.1, 0.15) is 5.75 Å². The van der Waals surface area contributed by atoms with E-state index in [9.17, 15) is 10.1 Å². The molecule has 0 aromatic heterocycles. The maximum Gasteiger partial charge on any atom is 0.229 e. The van der Waals surface area contributed by atoms with Crippen LogP contribution in [-0.4, -0.2) is 30.5 Å². The average molecular weight is 406 g/mol. The minimum absolute atomic E-state index is 0.0427. The van der Waals surface area contributed by atoms with Gasteiger partial charge in [-0.3, -0.25) is 9.69 Å². The standard InChI is InChI=1S/C23H23N3O2S/c1-3-16-8-4-6-10-20(16)25-14-26-22(27)12-18(19(13-24)23(26)29-15-25)17-9-5-7-11-21(17)28-2/h4-11,18H,3,12,14-15H2,1-2H3. The zero-order chi connectivity index (χ0) is 20.4. The zero-order valence-corrected chi connectivity index (χ0v) is 17.4. The van der Waals surface area contributed by atoms with Gasteiger partial charge in [-0.2, -0.15) is 5.26 Å². The van der Waals surface area contributed by atoms with Crippen LogP contribution >= 0.6 is 11.8 Å². The smallest absolute Gasteiger partial charge is 0.229 e. The van der Waals surface area contributed by atoms with Crippen molar-refractivity contribution in [1.29, 1.82) is 5.26 Å². The lowest BCUT2D eigenvalue weighted by Crippen LogP contribution is -2.47. The van der Waals surface area contributed by atoms with E-state index in [4.69, 9.17) is 4.74 Å². The van der Waals surface area contributed by atoms with E-state index in [1.165, 1.54) is 5.56 Å². The number of ether oxygens (including phenoxy) is 1. The predicted octanol–water partition coefficient (Wildman–Crippen LogP) is 4.48. The van der Waals surface area contributed by atoms with Crippen molar-refractivity contribution in [3.05, 3.63) is 70.3 Å². The van der Waals surface area contributed by atoms with E-state index in [2.05, 4.69) is 30.0 Å². The number of amides is 1. The first kappa shape index (κ1) is 19.4. The first-order chi connectivity index (χ1) is 14.2. The molecule has 148 valence electrons. The molecular weight excluding hydrogens is 382 g/mol. The van der Waals surface area contributed by atoms with Gasteiger partial charge in [-0.15, -0.1) is 0 Å². The van der Waals surface area contributed by atoms with Gasteiger partial charge in [0, 0.05) is 23.6 Å². The number of fused-ring (bicyclic) bond motifs is 1. The molecular formula is C23H23N3O2S. The van der Waals surface area contributed by atoms with Crippen LogP contribution in [0.25, 0.3) is 0 Å². The minimum Gasteiger partial charge on any atom is -0.496 e. The molecule has 6 heteroatoms. The number of nitriles is 1. The molecule has 2 aliphatic rings. The van der Waals surface area contributed by atoms with Crippen molar-refractivity contribution in [2.45, 2.75) is 25.7 Å². The fraction of sp³-hybridized carbons (Fsp3) is 0.304. The molecule has 2 aromatic rings. The monoisotopic (exact) mass is 405 g/mol. The Kier molecular flexibility index (Phi) is 5.50. The van der Waals surface area contributed by atoms with Gasteiger partial charge in [-0.05, 0) is 24.1 Å². The van der Waals surface area contributed by atoms with Crippen molar-refractivity contribution >= 4 is 23.4 Å². The highest BCUT2D eigenvalue weighted by Gasteiger charge is 2.39. The Morgan fingerprint density at radius 1 is 1.21 bits per heavy atom. The first-order valence-corrected chi connectivity index (χ1v) is 10.7. The number of carbonyl (C=O) groups excluding carboxylic acids is 1. The van der Waals surface area contributed by atoms with Gasteiger partial charge in [0.15, 0.2) is 0 Å². The molecule has 1 fully saturated rings. The number of rotatable bonds is 4. The predicted molar refractivity (Wildman–Crippen MR) is 115 cm³/mol. The van der Waals surface area contributed by atoms with Crippen LogP contribution in [0.3, 0.4) is 0 Å². The number of thioether (sulfide) groups is 1. The number of para-hydroxylation sites is 2. The van der Waals surface area contributed by atoms with E-state index in [1.807, 2.05) is 36.4 Å². The minimum atomic E-state index is -0.267. The number of nitrogens with zero attached hydrogens (tertiary/aromatic N) is 3. The molecule has 0 N–H and O–H groups in total. The van der Waals surface area contributed by atoms with Crippen molar-refractivity contribution < 1.29 is 9.53 Å². The molecule has 2 heterocycles. The van der Waals surface area contributed by atoms with Gasteiger partial charge in [-0.25, -0.2) is 0 Å². The summed E-state index contributed by atoms with van der Waals surface area (Å²) in [4.78, 5) is 17.1. The normalized spacial score (nSPS) is 19.1. The number of anilines is 1. The summed E-state index contributed by atoms with van der Waals surface area (Å²) < 4.78 is 5.49. The molecule has 0 radical (unpaired) electrons. The Hall–Kier alpha value is -2.91. The van der Waals surface area contributed by atoms with E-state index >= 15 is 0 Å². The number of hydrogen-bond acceptors (Lipinski definition) is 5. The zero-order valence-electron chi connectivity index (χ0n) is 16.6. The van der Waals surface area contributed by atoms with Crippen molar-refractivity contribution in [1.82, 2.24) is 4.90 Å². The van der Waals surface area contributed by atoms with Crippen LogP contribution in [-0.2, 0) is 11.2 Å². The molecule has 0 saturated carbocycles. The largest absolute Gasteiger partial charge is 0.496 e. The number of aryl methyl sites for hydroxylation is 1. The van der Waals surface area contributed by atoms with Crippen LogP contribution in [0.4, 0.5) is 5.69 Å². The summed E-state index contributed by atoms with van der Waals surface area (Å²) >= 11 is 1.56. The summed E-state index contributed by atoms with van der Waals surface area (Å²) in [5.74, 6) is 1.20. The average Bonchev–Trinajstić information content (AvgIpc) is 2.78. The molecule has 29 heavy (non-hydrogen) atoms. The molecule has 0 aliphatic carbocycles. The fourth-order valence-corrected chi connectivity index (χ4v) is 5.21. The quantitative estimate of drug-likeness (QED) is 0.751. The first-order valence-electron chi connectivity index (χ1n) is 9.71. The number of methoxy groups -OCH3 is 1. The summed E-state index contributed by atoms with van der Waals surface area (Å²) in [7, 11) is 1.62. The van der Waals surface area contributed by atoms with E-state index < -0.39 is 0 Å². The molecule has 1 amide bonds. The lowest BCUT2D eigenvalue weighted by Gasteiger charge is -2.42. The topological polar surface area (TPSA) is 56.6 Å². The molecule has 1 atom stereocenters. The van der Waals surface area contributed by atoms with Crippen LogP contribution in [0.1, 0.15) is 30.4 Å². The lowest BCUT2D eigenvalue weighted by molar-refractivity contribution is -0.129. The third kappa shape index (κ3) is 3.47. The van der Waals surface area contributed by atoms with Crippen molar-refractivity contribution in [2.24, 2.45) is 0 Å². The van der Waals surface area contributed by atoms with E-state index in [0.717, 1.165) is 22.7 Å². The lowest BCUT2D eigenvalue weighted by atomic mass is 9.86. The Morgan fingerprint density at radius 2 is 1.97 bits per heavy atom. The van der Waals surface area contributed by atoms with Crippen LogP contribution in [0, 0.1) is 11.3 Å². The molecule has 5 nitrogen and oxygen atoms in total. The molecule has 2 aromatic carbocycles. The summed E-state index contributed by atoms with van der Waals surface area (Å²) in [6.07, 6.45) is 1.21. The van der Waals surface area contributed by atoms with E-state index in [-0.39, 0.29) is 18.2 Å². The highest BCUT2D eigenvalue weighted by molar-refractivity contribution is 8.03. The number of carbonyl (C=O) groups is 1. The van der Waals surface area contributed by atoms with Crippen LogP contribution in [0.5, 0.6) is 5.75 Å². The van der Waals surface area contributed by atoms with Gasteiger partial charge in [0.2, 0.25) is 5.91 Å². The highest BCUT2D eigenvalue weighted by Crippen LogP contribution is 2.45. The highest BCUT2D eigenvalue weighted by atomic mass is 32.2. The third-order valence-electron chi connectivity index (χ3n) is 5.52. The Morgan fingerprint density at radius 3 is 2.72 bits per heavy atom. The van der Waals surface area contributed by atoms with Gasteiger partial charge in [-0.1, -0.05) is 55.1 Å². The molecule has 0 bridgehead atoms. The van der Waals surface area contributed by atoms with Crippen LogP contribution < -0.4 is 9.64 Å². The Labute approximate surface area is 175 Å². The SMILES string of the molecule is CCc1ccccc1N1CSC2=C(C#N)C(c3ccccc3OC)CC(=O)N2C1. The molecule has 1 unspecified atom stereocenters. The molecule has 1 saturated heterocycles. The maximum atomic E-state index is 13.1. The van der Waals surface area contributed by atoms with Crippen LogP contribution in [0.15, 0.2) is 59.1 Å². The number of allylic oxidation sites excluding steroid dienone is 1. The second kappa shape index (κ2) is 8.22. The van der Waals surface area contributed by atoms with Crippen molar-refractivity contribution in [3.8, 4) is 11.8 Å². The molecule has 0 spiro atoms. The summed E-state index contributed by atoms with van der Waals surface area (Å²) in [6, 6.07) is 18.3. The van der Waals surface area contributed by atoms with Crippen LogP contribution in [0.2, 0.25) is 0 Å². The number of hydrogen-bond donors (Lipinski definition) is 0.